The number of hydrogen-bond acceptors (Lipinski definition) is 5. The van der Waals surface area contributed by atoms with Crippen molar-refractivity contribution in [3.8, 4) is 11.4 Å². The molecule has 0 unspecified atom stereocenters. The van der Waals surface area contributed by atoms with Crippen molar-refractivity contribution in [3.05, 3.63) is 30.2 Å². The molecular formula is C14H19N3OS. The molecule has 0 radical (unpaired) electrons. The summed E-state index contributed by atoms with van der Waals surface area (Å²) < 4.78 is 5.23. The fourth-order valence-electron chi connectivity index (χ4n) is 1.64. The fraction of sp³-hybridized carbons (Fsp3) is 0.429. The Kier molecular flexibility index (Phi) is 4.61. The molecule has 0 aliphatic rings. The van der Waals surface area contributed by atoms with Crippen molar-refractivity contribution >= 4 is 11.8 Å². The maximum Gasteiger partial charge on any atom is 0.244 e. The first-order chi connectivity index (χ1) is 9.11. The van der Waals surface area contributed by atoms with E-state index in [0.29, 0.717) is 11.7 Å². The van der Waals surface area contributed by atoms with Gasteiger partial charge in [-0.05, 0) is 35.9 Å². The smallest absolute Gasteiger partial charge is 0.244 e. The number of hydrogen-bond donors (Lipinski definition) is 1. The minimum atomic E-state index is -0.212. The molecule has 0 saturated heterocycles. The summed E-state index contributed by atoms with van der Waals surface area (Å²) in [4.78, 5) is 5.61. The quantitative estimate of drug-likeness (QED) is 0.847. The van der Waals surface area contributed by atoms with Crippen LogP contribution in [0, 0.1) is 5.92 Å². The van der Waals surface area contributed by atoms with Crippen LogP contribution < -0.4 is 5.73 Å². The minimum Gasteiger partial charge on any atom is -0.337 e. The van der Waals surface area contributed by atoms with Crippen molar-refractivity contribution in [2.75, 3.05) is 5.75 Å². The topological polar surface area (TPSA) is 64.9 Å². The van der Waals surface area contributed by atoms with Crippen LogP contribution in [-0.4, -0.2) is 15.9 Å². The second kappa shape index (κ2) is 6.21. The third kappa shape index (κ3) is 3.36. The summed E-state index contributed by atoms with van der Waals surface area (Å²) >= 11 is 1.81. The summed E-state index contributed by atoms with van der Waals surface area (Å²) in [5.74, 6) is 2.43. The van der Waals surface area contributed by atoms with Gasteiger partial charge < -0.3 is 10.3 Å². The van der Waals surface area contributed by atoms with Gasteiger partial charge in [0.15, 0.2) is 0 Å². The lowest BCUT2D eigenvalue weighted by atomic mass is 10.1. The van der Waals surface area contributed by atoms with E-state index in [1.54, 1.807) is 0 Å². The average molecular weight is 277 g/mol. The summed E-state index contributed by atoms with van der Waals surface area (Å²) in [5, 5.41) is 3.99. The highest BCUT2D eigenvalue weighted by molar-refractivity contribution is 7.99. The standard InChI is InChI=1S/C14H19N3OS/c1-4-19-11-7-5-10(6-8-11)13-16-14(18-17-13)12(15)9(2)3/h5-9,12H,4,15H2,1-3H3/t12-/m0/s1. The number of aromatic nitrogens is 2. The summed E-state index contributed by atoms with van der Waals surface area (Å²) in [6, 6.07) is 7.95. The molecule has 102 valence electrons. The van der Waals surface area contributed by atoms with Gasteiger partial charge in [-0.3, -0.25) is 0 Å². The van der Waals surface area contributed by atoms with Crippen LogP contribution in [-0.2, 0) is 0 Å². The van der Waals surface area contributed by atoms with E-state index in [0.717, 1.165) is 11.3 Å². The van der Waals surface area contributed by atoms with Crippen molar-refractivity contribution in [3.63, 3.8) is 0 Å². The Morgan fingerprint density at radius 2 is 1.95 bits per heavy atom. The lowest BCUT2D eigenvalue weighted by Gasteiger charge is -2.09. The lowest BCUT2D eigenvalue weighted by molar-refractivity contribution is 0.325. The zero-order valence-corrected chi connectivity index (χ0v) is 12.3. The van der Waals surface area contributed by atoms with Crippen LogP contribution in [0.2, 0.25) is 0 Å². The lowest BCUT2D eigenvalue weighted by Crippen LogP contribution is -2.16. The van der Waals surface area contributed by atoms with Gasteiger partial charge in [0.2, 0.25) is 11.7 Å². The molecule has 1 heterocycles. The van der Waals surface area contributed by atoms with Gasteiger partial charge in [-0.1, -0.05) is 25.9 Å². The molecule has 1 aromatic carbocycles. The number of thioether (sulfide) groups is 1. The number of nitrogens with zero attached hydrogens (tertiary/aromatic N) is 2. The van der Waals surface area contributed by atoms with E-state index in [-0.39, 0.29) is 12.0 Å². The predicted octanol–water partition coefficient (Wildman–Crippen LogP) is 3.50. The molecular weight excluding hydrogens is 258 g/mol. The Bertz CT molecular complexity index is 522. The first-order valence-electron chi connectivity index (χ1n) is 6.44. The molecule has 2 N–H and O–H groups in total. The summed E-state index contributed by atoms with van der Waals surface area (Å²) in [5.41, 5.74) is 6.94. The monoisotopic (exact) mass is 277 g/mol. The molecule has 0 bridgehead atoms. The Morgan fingerprint density at radius 3 is 2.53 bits per heavy atom. The SMILES string of the molecule is CCSc1ccc(-c2noc([C@@H](N)C(C)C)n2)cc1. The molecule has 1 aromatic heterocycles. The first kappa shape index (κ1) is 14.1. The molecule has 5 heteroatoms. The second-order valence-electron chi connectivity index (χ2n) is 4.68. The first-order valence-corrected chi connectivity index (χ1v) is 7.42. The van der Waals surface area contributed by atoms with Crippen molar-refractivity contribution < 1.29 is 4.52 Å². The van der Waals surface area contributed by atoms with E-state index in [9.17, 15) is 0 Å². The van der Waals surface area contributed by atoms with Crippen LogP contribution in [0.25, 0.3) is 11.4 Å². The van der Waals surface area contributed by atoms with Crippen LogP contribution in [0.3, 0.4) is 0 Å². The molecule has 19 heavy (non-hydrogen) atoms. The predicted molar refractivity (Wildman–Crippen MR) is 77.9 cm³/mol. The molecule has 1 atom stereocenters. The number of nitrogens with two attached hydrogens (primary N) is 1. The van der Waals surface area contributed by atoms with Crippen LogP contribution in [0.1, 0.15) is 32.7 Å². The van der Waals surface area contributed by atoms with Gasteiger partial charge in [0.05, 0.1) is 6.04 Å². The van der Waals surface area contributed by atoms with E-state index in [4.69, 9.17) is 10.3 Å². The van der Waals surface area contributed by atoms with E-state index < -0.39 is 0 Å². The second-order valence-corrected chi connectivity index (χ2v) is 6.02. The van der Waals surface area contributed by atoms with Gasteiger partial charge in [0.25, 0.3) is 0 Å². The largest absolute Gasteiger partial charge is 0.337 e. The molecule has 0 spiro atoms. The van der Waals surface area contributed by atoms with Crippen LogP contribution in [0.4, 0.5) is 0 Å². The van der Waals surface area contributed by atoms with Crippen molar-refractivity contribution in [2.45, 2.75) is 31.7 Å². The maximum absolute atomic E-state index is 5.99. The molecule has 0 amide bonds. The molecule has 0 saturated carbocycles. The molecule has 0 aliphatic heterocycles. The van der Waals surface area contributed by atoms with Gasteiger partial charge in [-0.2, -0.15) is 4.98 Å². The summed E-state index contributed by atoms with van der Waals surface area (Å²) in [6.45, 7) is 6.20. The summed E-state index contributed by atoms with van der Waals surface area (Å²) in [6.07, 6.45) is 0. The molecule has 2 aromatic rings. The van der Waals surface area contributed by atoms with Gasteiger partial charge in [-0.15, -0.1) is 11.8 Å². The average Bonchev–Trinajstić information content (AvgIpc) is 2.88. The fourth-order valence-corrected chi connectivity index (χ4v) is 2.30. The maximum atomic E-state index is 5.99. The highest BCUT2D eigenvalue weighted by atomic mass is 32.2. The van der Waals surface area contributed by atoms with Crippen LogP contribution in [0.15, 0.2) is 33.7 Å². The molecule has 0 aliphatic carbocycles. The Morgan fingerprint density at radius 1 is 1.26 bits per heavy atom. The van der Waals surface area contributed by atoms with E-state index in [1.807, 2.05) is 37.7 Å². The molecule has 0 fully saturated rings. The highest BCUT2D eigenvalue weighted by Gasteiger charge is 2.18. The minimum absolute atomic E-state index is 0.212. The highest BCUT2D eigenvalue weighted by Crippen LogP contribution is 2.24. The van der Waals surface area contributed by atoms with Crippen molar-refractivity contribution in [1.82, 2.24) is 10.1 Å². The Labute approximate surface area is 117 Å². The number of benzene rings is 1. The molecule has 4 nitrogen and oxygen atoms in total. The third-order valence-electron chi connectivity index (χ3n) is 2.87. The van der Waals surface area contributed by atoms with Crippen LogP contribution in [0.5, 0.6) is 0 Å². The third-order valence-corrected chi connectivity index (χ3v) is 3.76. The zero-order chi connectivity index (χ0) is 13.8. The van der Waals surface area contributed by atoms with Crippen molar-refractivity contribution in [2.24, 2.45) is 11.7 Å². The van der Waals surface area contributed by atoms with E-state index in [1.165, 1.54) is 4.90 Å². The zero-order valence-electron chi connectivity index (χ0n) is 11.5. The van der Waals surface area contributed by atoms with E-state index >= 15 is 0 Å². The van der Waals surface area contributed by atoms with Crippen LogP contribution >= 0.6 is 11.8 Å². The number of rotatable bonds is 5. The molecule has 2 rings (SSSR count). The summed E-state index contributed by atoms with van der Waals surface area (Å²) in [7, 11) is 0. The normalized spacial score (nSPS) is 12.9. The van der Waals surface area contributed by atoms with Gasteiger partial charge in [0, 0.05) is 10.5 Å². The Balaban J connectivity index is 2.18. The van der Waals surface area contributed by atoms with Gasteiger partial charge in [-0.25, -0.2) is 0 Å². The Hall–Kier alpha value is -1.33. The van der Waals surface area contributed by atoms with Gasteiger partial charge in [0.1, 0.15) is 0 Å². The van der Waals surface area contributed by atoms with E-state index in [2.05, 4.69) is 29.2 Å². The van der Waals surface area contributed by atoms with Crippen molar-refractivity contribution in [1.29, 1.82) is 0 Å². The van der Waals surface area contributed by atoms with Gasteiger partial charge >= 0.3 is 0 Å².